The van der Waals surface area contributed by atoms with Crippen LogP contribution < -0.4 is 16.6 Å². The fourth-order valence-corrected chi connectivity index (χ4v) is 3.67. The second kappa shape index (κ2) is 8.04. The molecule has 0 fully saturated rings. The summed E-state index contributed by atoms with van der Waals surface area (Å²) in [6.07, 6.45) is 0. The molecule has 32 heavy (non-hydrogen) atoms. The van der Waals surface area contributed by atoms with Crippen LogP contribution in [0.2, 0.25) is 0 Å². The summed E-state index contributed by atoms with van der Waals surface area (Å²) in [5.41, 5.74) is 2.77. The minimum Gasteiger partial charge on any atom is -0.342 e. The van der Waals surface area contributed by atoms with E-state index in [4.69, 9.17) is 5.26 Å². The van der Waals surface area contributed by atoms with Gasteiger partial charge in [-0.15, -0.1) is 0 Å². The molecule has 0 aliphatic carbocycles. The van der Waals surface area contributed by atoms with Gasteiger partial charge in [0.05, 0.1) is 22.8 Å². The van der Waals surface area contributed by atoms with E-state index in [0.717, 1.165) is 15.8 Å². The Morgan fingerprint density at radius 2 is 1.78 bits per heavy atom. The minimum atomic E-state index is -0.599. The lowest BCUT2D eigenvalue weighted by molar-refractivity contribution is -0.116. The van der Waals surface area contributed by atoms with Crippen LogP contribution in [0.3, 0.4) is 0 Å². The first kappa shape index (κ1) is 20.9. The van der Waals surface area contributed by atoms with E-state index in [-0.39, 0.29) is 6.54 Å². The average molecular weight is 427 g/mol. The molecule has 8 heteroatoms. The Kier molecular flexibility index (Phi) is 5.24. The number of amides is 1. The number of aryl methyl sites for hydroxylation is 3. The molecule has 4 aromatic rings. The molecule has 2 aromatic carbocycles. The van der Waals surface area contributed by atoms with E-state index in [1.54, 1.807) is 54.1 Å². The Hall–Kier alpha value is -4.38. The van der Waals surface area contributed by atoms with E-state index >= 15 is 0 Å². The topological polar surface area (TPSA) is 102 Å². The van der Waals surface area contributed by atoms with Crippen LogP contribution in [0.15, 0.2) is 64.2 Å². The molecule has 0 saturated carbocycles. The molecule has 0 atom stereocenters. The summed E-state index contributed by atoms with van der Waals surface area (Å²) in [7, 11) is 1.75. The van der Waals surface area contributed by atoms with Crippen molar-refractivity contribution in [2.75, 3.05) is 5.32 Å². The summed E-state index contributed by atoms with van der Waals surface area (Å²) in [6, 6.07) is 17.3. The highest BCUT2D eigenvalue weighted by molar-refractivity contribution is 5.91. The Morgan fingerprint density at radius 1 is 1.06 bits per heavy atom. The normalized spacial score (nSPS) is 10.8. The lowest BCUT2D eigenvalue weighted by atomic mass is 10.2. The van der Waals surface area contributed by atoms with Crippen LogP contribution in [-0.2, 0) is 18.4 Å². The zero-order valence-corrected chi connectivity index (χ0v) is 17.9. The number of nitrogens with one attached hydrogen (secondary N) is 1. The monoisotopic (exact) mass is 427 g/mol. The molecule has 1 amide bonds. The summed E-state index contributed by atoms with van der Waals surface area (Å²) in [4.78, 5) is 39.5. The number of carbonyl (C=O) groups excluding carboxylic acids is 1. The van der Waals surface area contributed by atoms with Crippen LogP contribution in [0, 0.1) is 25.2 Å². The number of nitrogens with zero attached hydrogens (tertiary/aromatic N) is 4. The number of hydrogen-bond donors (Lipinski definition) is 1. The van der Waals surface area contributed by atoms with Crippen molar-refractivity contribution in [1.29, 1.82) is 5.26 Å². The van der Waals surface area contributed by atoms with Crippen molar-refractivity contribution in [3.05, 3.63) is 92.3 Å². The maximum atomic E-state index is 13.4. The molecule has 0 aliphatic heterocycles. The number of carbonyl (C=O) groups is 1. The van der Waals surface area contributed by atoms with Gasteiger partial charge in [0, 0.05) is 18.4 Å². The first-order valence-corrected chi connectivity index (χ1v) is 9.99. The molecule has 0 saturated heterocycles. The summed E-state index contributed by atoms with van der Waals surface area (Å²) in [5.74, 6) is -0.445. The molecule has 0 unspecified atom stereocenters. The quantitative estimate of drug-likeness (QED) is 0.541. The predicted octanol–water partition coefficient (Wildman–Crippen LogP) is 2.62. The third-order valence-corrected chi connectivity index (χ3v) is 5.44. The Morgan fingerprint density at radius 3 is 2.47 bits per heavy atom. The van der Waals surface area contributed by atoms with Gasteiger partial charge in [0.1, 0.15) is 12.1 Å². The van der Waals surface area contributed by atoms with E-state index in [9.17, 15) is 14.4 Å². The largest absolute Gasteiger partial charge is 0.342 e. The van der Waals surface area contributed by atoms with Gasteiger partial charge in [-0.05, 0) is 50.2 Å². The second-order valence-electron chi connectivity index (χ2n) is 7.66. The first-order valence-electron chi connectivity index (χ1n) is 9.99. The Labute approximate surface area is 183 Å². The molecule has 0 radical (unpaired) electrons. The number of anilines is 1. The van der Waals surface area contributed by atoms with E-state index in [2.05, 4.69) is 5.32 Å². The third kappa shape index (κ3) is 3.61. The van der Waals surface area contributed by atoms with E-state index in [1.807, 2.05) is 32.0 Å². The lowest BCUT2D eigenvalue weighted by Gasteiger charge is -2.13. The van der Waals surface area contributed by atoms with Crippen molar-refractivity contribution in [2.24, 2.45) is 7.05 Å². The predicted molar refractivity (Wildman–Crippen MR) is 122 cm³/mol. The summed E-state index contributed by atoms with van der Waals surface area (Å²) < 4.78 is 4.10. The van der Waals surface area contributed by atoms with Gasteiger partial charge in [0.25, 0.3) is 5.56 Å². The van der Waals surface area contributed by atoms with Crippen molar-refractivity contribution in [3.8, 4) is 11.8 Å². The molecule has 160 valence electrons. The highest BCUT2D eigenvalue weighted by Gasteiger charge is 2.20. The highest BCUT2D eigenvalue weighted by atomic mass is 16.2. The van der Waals surface area contributed by atoms with Gasteiger partial charge >= 0.3 is 5.69 Å². The third-order valence-electron chi connectivity index (χ3n) is 5.44. The van der Waals surface area contributed by atoms with Gasteiger partial charge in [-0.1, -0.05) is 23.8 Å². The van der Waals surface area contributed by atoms with Crippen LogP contribution in [0.25, 0.3) is 16.7 Å². The average Bonchev–Trinajstić information content (AvgIpc) is 3.07. The van der Waals surface area contributed by atoms with Crippen LogP contribution in [0.4, 0.5) is 5.69 Å². The number of nitriles is 1. The van der Waals surface area contributed by atoms with Gasteiger partial charge in [-0.25, -0.2) is 9.36 Å². The first-order chi connectivity index (χ1) is 15.3. The number of benzene rings is 2. The molecule has 2 aromatic heterocycles. The standard InChI is InChI=1S/C24H21N5O3/c1-15-7-9-19(10-8-15)29-23(31)22-20(11-16(2)27(22)3)28(24(29)32)14-21(30)26-18-6-4-5-17(12-18)13-25/h4-12H,14H2,1-3H3,(H,26,30). The fraction of sp³-hybridized carbons (Fsp3) is 0.167. The maximum Gasteiger partial charge on any atom is 0.336 e. The van der Waals surface area contributed by atoms with E-state index in [0.29, 0.717) is 28.0 Å². The zero-order chi connectivity index (χ0) is 23.0. The number of hydrogen-bond acceptors (Lipinski definition) is 4. The summed E-state index contributed by atoms with van der Waals surface area (Å²) in [5, 5.41) is 11.8. The number of fused-ring (bicyclic) bond motifs is 1. The van der Waals surface area contributed by atoms with Gasteiger partial charge < -0.3 is 9.88 Å². The zero-order valence-electron chi connectivity index (χ0n) is 17.9. The van der Waals surface area contributed by atoms with Crippen LogP contribution in [0.5, 0.6) is 0 Å². The molecule has 0 bridgehead atoms. The molecule has 8 nitrogen and oxygen atoms in total. The fourth-order valence-electron chi connectivity index (χ4n) is 3.67. The van der Waals surface area contributed by atoms with Crippen molar-refractivity contribution >= 4 is 22.6 Å². The van der Waals surface area contributed by atoms with Gasteiger partial charge in [0.2, 0.25) is 5.91 Å². The van der Waals surface area contributed by atoms with Crippen molar-refractivity contribution in [1.82, 2.24) is 13.7 Å². The molecule has 0 aliphatic rings. The van der Waals surface area contributed by atoms with Crippen LogP contribution >= 0.6 is 0 Å². The van der Waals surface area contributed by atoms with E-state index in [1.165, 1.54) is 4.57 Å². The number of aromatic nitrogens is 3. The maximum absolute atomic E-state index is 13.4. The smallest absolute Gasteiger partial charge is 0.336 e. The molecule has 2 heterocycles. The molecule has 0 spiro atoms. The van der Waals surface area contributed by atoms with Gasteiger partial charge in [0.15, 0.2) is 0 Å². The minimum absolute atomic E-state index is 0.290. The lowest BCUT2D eigenvalue weighted by Crippen LogP contribution is -2.41. The van der Waals surface area contributed by atoms with Crippen molar-refractivity contribution in [3.63, 3.8) is 0 Å². The van der Waals surface area contributed by atoms with Crippen LogP contribution in [-0.4, -0.2) is 19.6 Å². The summed E-state index contributed by atoms with van der Waals surface area (Å²) in [6.45, 7) is 3.46. The van der Waals surface area contributed by atoms with Crippen molar-refractivity contribution < 1.29 is 4.79 Å². The van der Waals surface area contributed by atoms with Crippen LogP contribution in [0.1, 0.15) is 16.8 Å². The van der Waals surface area contributed by atoms with Gasteiger partial charge in [-0.2, -0.15) is 5.26 Å². The Balaban J connectivity index is 1.85. The second-order valence-corrected chi connectivity index (χ2v) is 7.66. The number of rotatable bonds is 4. The van der Waals surface area contributed by atoms with E-state index < -0.39 is 17.2 Å². The summed E-state index contributed by atoms with van der Waals surface area (Å²) >= 11 is 0. The highest BCUT2D eigenvalue weighted by Crippen LogP contribution is 2.16. The Bertz CT molecular complexity index is 1510. The van der Waals surface area contributed by atoms with Crippen molar-refractivity contribution in [2.45, 2.75) is 20.4 Å². The molecular weight excluding hydrogens is 406 g/mol. The van der Waals surface area contributed by atoms with Gasteiger partial charge in [-0.3, -0.25) is 14.2 Å². The SMILES string of the molecule is Cc1ccc(-n2c(=O)c3c(cc(C)n3C)n(CC(=O)Nc3cccc(C#N)c3)c2=O)cc1. The molecule has 4 rings (SSSR count). The molecular formula is C24H21N5O3. The molecule has 1 N–H and O–H groups in total.